The van der Waals surface area contributed by atoms with E-state index in [1.165, 1.54) is 6.07 Å². The maximum absolute atomic E-state index is 13.7. The molecule has 112 valence electrons. The smallest absolute Gasteiger partial charge is 0.167 e. The fourth-order valence-electron chi connectivity index (χ4n) is 2.06. The molecule has 3 N–H and O–H groups in total. The van der Waals surface area contributed by atoms with Crippen LogP contribution >= 0.6 is 15.9 Å². The number of anilines is 3. The molecule has 0 fully saturated rings. The van der Waals surface area contributed by atoms with Gasteiger partial charge in [0.2, 0.25) is 0 Å². The van der Waals surface area contributed by atoms with Crippen molar-refractivity contribution in [1.29, 1.82) is 0 Å². The highest BCUT2D eigenvalue weighted by atomic mass is 79.9. The van der Waals surface area contributed by atoms with E-state index in [-0.39, 0.29) is 5.75 Å². The summed E-state index contributed by atoms with van der Waals surface area (Å²) in [4.78, 5) is 0. The molecule has 0 amide bonds. The van der Waals surface area contributed by atoms with Crippen molar-refractivity contribution < 1.29 is 9.13 Å². The van der Waals surface area contributed by atoms with Crippen molar-refractivity contribution in [3.8, 4) is 5.75 Å². The second-order valence-corrected chi connectivity index (χ2v) is 5.50. The van der Waals surface area contributed by atoms with Crippen LogP contribution in [0.15, 0.2) is 34.8 Å². The number of nitrogen functional groups attached to an aromatic ring is 1. The first kappa shape index (κ1) is 15.6. The Labute approximate surface area is 132 Å². The summed E-state index contributed by atoms with van der Waals surface area (Å²) in [6, 6.07) is 8.83. The van der Waals surface area contributed by atoms with Crippen LogP contribution < -0.4 is 15.8 Å². The molecule has 2 aromatic carbocycles. The topological polar surface area (TPSA) is 47.3 Å². The van der Waals surface area contributed by atoms with Gasteiger partial charge < -0.3 is 15.8 Å². The Kier molecular flexibility index (Phi) is 5.07. The maximum atomic E-state index is 13.7. The molecule has 0 bridgehead atoms. The van der Waals surface area contributed by atoms with Crippen molar-refractivity contribution in [1.82, 2.24) is 0 Å². The van der Waals surface area contributed by atoms with E-state index in [1.54, 1.807) is 6.07 Å². The lowest BCUT2D eigenvalue weighted by Crippen LogP contribution is -2.02. The van der Waals surface area contributed by atoms with Crippen LogP contribution in [0.25, 0.3) is 0 Å². The highest BCUT2D eigenvalue weighted by molar-refractivity contribution is 9.10. The summed E-state index contributed by atoms with van der Waals surface area (Å²) in [5.41, 5.74) is 8.96. The van der Waals surface area contributed by atoms with Crippen LogP contribution in [-0.4, -0.2) is 6.61 Å². The molecule has 0 unspecified atom stereocenters. The SMILES string of the molecule is CCOc1cc(Nc2ccc(Br)cc2CC)c(N)cc1F. The molecular formula is C16H18BrFN2O. The van der Waals surface area contributed by atoms with Crippen molar-refractivity contribution in [2.24, 2.45) is 0 Å². The fraction of sp³-hybridized carbons (Fsp3) is 0.250. The number of nitrogens with two attached hydrogens (primary N) is 1. The first-order valence-electron chi connectivity index (χ1n) is 6.82. The van der Waals surface area contributed by atoms with Crippen LogP contribution in [0.1, 0.15) is 19.4 Å². The van der Waals surface area contributed by atoms with Gasteiger partial charge in [0.05, 0.1) is 18.0 Å². The Balaban J connectivity index is 2.37. The van der Waals surface area contributed by atoms with Gasteiger partial charge in [0.1, 0.15) is 0 Å². The molecular weight excluding hydrogens is 335 g/mol. The van der Waals surface area contributed by atoms with Gasteiger partial charge in [-0.1, -0.05) is 22.9 Å². The van der Waals surface area contributed by atoms with Crippen molar-refractivity contribution in [2.45, 2.75) is 20.3 Å². The quantitative estimate of drug-likeness (QED) is 0.754. The van der Waals surface area contributed by atoms with E-state index in [2.05, 4.69) is 28.2 Å². The average molecular weight is 353 g/mol. The van der Waals surface area contributed by atoms with Gasteiger partial charge in [-0.15, -0.1) is 0 Å². The highest BCUT2D eigenvalue weighted by Gasteiger charge is 2.10. The summed E-state index contributed by atoms with van der Waals surface area (Å²) in [7, 11) is 0. The lowest BCUT2D eigenvalue weighted by Gasteiger charge is -2.15. The number of rotatable bonds is 5. The first-order valence-corrected chi connectivity index (χ1v) is 7.61. The standard InChI is InChI=1S/C16H18BrFN2O/c1-3-10-7-11(17)5-6-14(10)20-15-9-16(21-4-2)12(18)8-13(15)19/h5-9,20H,3-4,19H2,1-2H3. The Hall–Kier alpha value is -1.75. The van der Waals surface area contributed by atoms with Crippen molar-refractivity contribution in [3.05, 3.63) is 46.2 Å². The zero-order valence-corrected chi connectivity index (χ0v) is 13.6. The van der Waals surface area contributed by atoms with E-state index in [0.717, 1.165) is 22.1 Å². The van der Waals surface area contributed by atoms with Gasteiger partial charge in [-0.05, 0) is 37.1 Å². The number of halogens is 2. The highest BCUT2D eigenvalue weighted by Crippen LogP contribution is 2.32. The molecule has 0 saturated heterocycles. The molecule has 0 aromatic heterocycles. The van der Waals surface area contributed by atoms with Gasteiger partial charge in [0, 0.05) is 22.3 Å². The molecule has 0 radical (unpaired) electrons. The summed E-state index contributed by atoms with van der Waals surface area (Å²) in [5, 5.41) is 3.25. The van der Waals surface area contributed by atoms with Crippen LogP contribution in [0.4, 0.5) is 21.5 Å². The van der Waals surface area contributed by atoms with E-state index in [4.69, 9.17) is 10.5 Å². The number of nitrogens with one attached hydrogen (secondary N) is 1. The minimum absolute atomic E-state index is 0.198. The first-order chi connectivity index (χ1) is 10.0. The average Bonchev–Trinajstić information content (AvgIpc) is 2.45. The van der Waals surface area contributed by atoms with E-state index in [0.29, 0.717) is 18.0 Å². The van der Waals surface area contributed by atoms with Crippen LogP contribution in [0.5, 0.6) is 5.75 Å². The largest absolute Gasteiger partial charge is 0.491 e. The van der Waals surface area contributed by atoms with Gasteiger partial charge >= 0.3 is 0 Å². The summed E-state index contributed by atoms with van der Waals surface area (Å²) >= 11 is 3.46. The third kappa shape index (κ3) is 3.67. The van der Waals surface area contributed by atoms with Crippen molar-refractivity contribution >= 4 is 33.0 Å². The number of hydrogen-bond acceptors (Lipinski definition) is 3. The molecule has 2 rings (SSSR count). The number of ether oxygens (including phenoxy) is 1. The maximum Gasteiger partial charge on any atom is 0.167 e. The van der Waals surface area contributed by atoms with E-state index in [9.17, 15) is 4.39 Å². The normalized spacial score (nSPS) is 10.5. The van der Waals surface area contributed by atoms with E-state index in [1.807, 2.05) is 25.1 Å². The summed E-state index contributed by atoms with van der Waals surface area (Å²) < 4.78 is 20.0. The second-order valence-electron chi connectivity index (χ2n) is 4.58. The minimum atomic E-state index is -0.452. The van der Waals surface area contributed by atoms with Gasteiger partial charge in [0.15, 0.2) is 11.6 Å². The zero-order chi connectivity index (χ0) is 15.4. The van der Waals surface area contributed by atoms with Gasteiger partial charge in [-0.25, -0.2) is 4.39 Å². The predicted molar refractivity (Wildman–Crippen MR) is 88.8 cm³/mol. The molecule has 0 heterocycles. The molecule has 3 nitrogen and oxygen atoms in total. The molecule has 0 aliphatic heterocycles. The lowest BCUT2D eigenvalue weighted by atomic mass is 10.1. The van der Waals surface area contributed by atoms with Crippen LogP contribution in [0, 0.1) is 5.82 Å². The third-order valence-electron chi connectivity index (χ3n) is 3.12. The van der Waals surface area contributed by atoms with Gasteiger partial charge in [-0.2, -0.15) is 0 Å². The van der Waals surface area contributed by atoms with Crippen LogP contribution in [-0.2, 0) is 6.42 Å². The molecule has 5 heteroatoms. The number of aryl methyl sites for hydroxylation is 1. The van der Waals surface area contributed by atoms with Crippen LogP contribution in [0.2, 0.25) is 0 Å². The van der Waals surface area contributed by atoms with Gasteiger partial charge in [-0.3, -0.25) is 0 Å². The summed E-state index contributed by atoms with van der Waals surface area (Å²) in [6.07, 6.45) is 0.876. The lowest BCUT2D eigenvalue weighted by molar-refractivity contribution is 0.322. The third-order valence-corrected chi connectivity index (χ3v) is 3.61. The molecule has 0 aliphatic rings. The second kappa shape index (κ2) is 6.80. The zero-order valence-electron chi connectivity index (χ0n) is 12.0. The monoisotopic (exact) mass is 352 g/mol. The van der Waals surface area contributed by atoms with Crippen molar-refractivity contribution in [2.75, 3.05) is 17.7 Å². The molecule has 21 heavy (non-hydrogen) atoms. The Bertz CT molecular complexity index is 646. The summed E-state index contributed by atoms with van der Waals surface area (Å²) in [6.45, 7) is 4.29. The van der Waals surface area contributed by atoms with E-state index < -0.39 is 5.82 Å². The van der Waals surface area contributed by atoms with Crippen molar-refractivity contribution in [3.63, 3.8) is 0 Å². The summed E-state index contributed by atoms with van der Waals surface area (Å²) in [5.74, 6) is -0.254. The number of hydrogen-bond donors (Lipinski definition) is 2. The Morgan fingerprint density at radius 2 is 1.95 bits per heavy atom. The molecule has 0 spiro atoms. The molecule has 2 aromatic rings. The molecule has 0 saturated carbocycles. The molecule has 0 aliphatic carbocycles. The fourth-order valence-corrected chi connectivity index (χ4v) is 2.47. The van der Waals surface area contributed by atoms with Gasteiger partial charge in [0.25, 0.3) is 0 Å². The molecule has 0 atom stereocenters. The Morgan fingerprint density at radius 1 is 1.19 bits per heavy atom. The predicted octanol–water partition coefficient (Wildman–Crippen LogP) is 4.88. The Morgan fingerprint density at radius 3 is 2.62 bits per heavy atom. The number of benzene rings is 2. The van der Waals surface area contributed by atoms with E-state index >= 15 is 0 Å². The minimum Gasteiger partial charge on any atom is -0.491 e. The van der Waals surface area contributed by atoms with Crippen LogP contribution in [0.3, 0.4) is 0 Å².